The van der Waals surface area contributed by atoms with Crippen LogP contribution >= 0.6 is 0 Å². The highest BCUT2D eigenvalue weighted by Crippen LogP contribution is 1.98. The quantitative estimate of drug-likeness (QED) is 0.736. The molecule has 5 nitrogen and oxygen atoms in total. The van der Waals surface area contributed by atoms with Crippen LogP contribution in [0.2, 0.25) is 0 Å². The van der Waals surface area contributed by atoms with Crippen molar-refractivity contribution in [3.8, 4) is 0 Å². The second-order valence-electron chi connectivity index (χ2n) is 2.88. The lowest BCUT2D eigenvalue weighted by Crippen LogP contribution is -2.30. The molecule has 0 saturated carbocycles. The van der Waals surface area contributed by atoms with Crippen molar-refractivity contribution in [1.29, 1.82) is 0 Å². The lowest BCUT2D eigenvalue weighted by molar-refractivity contribution is -0.142. The van der Waals surface area contributed by atoms with Gasteiger partial charge in [0.05, 0.1) is 12.9 Å². The SMILES string of the molecule is CCCOC(=O)CNC(=O)c1ccco1. The Kier molecular flexibility index (Phi) is 4.40. The van der Waals surface area contributed by atoms with E-state index in [9.17, 15) is 9.59 Å². The fourth-order valence-electron chi connectivity index (χ4n) is 0.914. The molecule has 0 aliphatic heterocycles. The van der Waals surface area contributed by atoms with Gasteiger partial charge in [-0.05, 0) is 18.6 Å². The highest BCUT2D eigenvalue weighted by atomic mass is 16.5. The minimum absolute atomic E-state index is 0.139. The first-order valence-electron chi connectivity index (χ1n) is 4.71. The van der Waals surface area contributed by atoms with E-state index < -0.39 is 11.9 Å². The summed E-state index contributed by atoms with van der Waals surface area (Å²) in [7, 11) is 0. The van der Waals surface area contributed by atoms with Gasteiger partial charge in [-0.25, -0.2) is 0 Å². The number of ether oxygens (including phenoxy) is 1. The third-order valence-corrected chi connectivity index (χ3v) is 1.61. The van der Waals surface area contributed by atoms with Gasteiger partial charge in [-0.2, -0.15) is 0 Å². The summed E-state index contributed by atoms with van der Waals surface area (Å²) in [5.74, 6) is -0.691. The lowest BCUT2D eigenvalue weighted by atomic mass is 10.4. The highest BCUT2D eigenvalue weighted by molar-refractivity contribution is 5.93. The number of nitrogens with one attached hydrogen (secondary N) is 1. The van der Waals surface area contributed by atoms with Crippen molar-refractivity contribution in [2.24, 2.45) is 0 Å². The first kappa shape index (κ1) is 11.3. The Bertz CT molecular complexity index is 318. The molecule has 0 saturated heterocycles. The van der Waals surface area contributed by atoms with Gasteiger partial charge in [0.25, 0.3) is 5.91 Å². The van der Waals surface area contributed by atoms with Gasteiger partial charge in [0, 0.05) is 0 Å². The maximum absolute atomic E-state index is 11.3. The van der Waals surface area contributed by atoms with Gasteiger partial charge in [0.15, 0.2) is 5.76 Å². The molecule has 0 spiro atoms. The number of rotatable bonds is 5. The standard InChI is InChI=1S/C10H13NO4/c1-2-5-15-9(12)7-11-10(13)8-4-3-6-14-8/h3-4,6H,2,5,7H2,1H3,(H,11,13). The van der Waals surface area contributed by atoms with Gasteiger partial charge in [0.1, 0.15) is 6.54 Å². The van der Waals surface area contributed by atoms with Crippen molar-refractivity contribution in [3.63, 3.8) is 0 Å². The Hall–Kier alpha value is -1.78. The van der Waals surface area contributed by atoms with Gasteiger partial charge in [-0.3, -0.25) is 9.59 Å². The molecule has 1 heterocycles. The van der Waals surface area contributed by atoms with Crippen molar-refractivity contribution >= 4 is 11.9 Å². The summed E-state index contributed by atoms with van der Waals surface area (Å²) in [5, 5.41) is 2.39. The second-order valence-corrected chi connectivity index (χ2v) is 2.88. The van der Waals surface area contributed by atoms with Crippen molar-refractivity contribution in [2.75, 3.05) is 13.2 Å². The van der Waals surface area contributed by atoms with E-state index in [-0.39, 0.29) is 12.3 Å². The van der Waals surface area contributed by atoms with Crippen LogP contribution in [0.3, 0.4) is 0 Å². The summed E-state index contributed by atoms with van der Waals surface area (Å²) in [6.45, 7) is 2.13. The van der Waals surface area contributed by atoms with Crippen LogP contribution in [0.25, 0.3) is 0 Å². The molecular formula is C10H13NO4. The molecule has 0 unspecified atom stereocenters. The monoisotopic (exact) mass is 211 g/mol. The fraction of sp³-hybridized carbons (Fsp3) is 0.400. The first-order valence-corrected chi connectivity index (χ1v) is 4.71. The summed E-state index contributed by atoms with van der Waals surface area (Å²) >= 11 is 0. The van der Waals surface area contributed by atoms with Crippen LogP contribution in [0.1, 0.15) is 23.9 Å². The molecule has 0 aromatic carbocycles. The normalized spacial score (nSPS) is 9.67. The molecule has 82 valence electrons. The number of hydrogen-bond donors (Lipinski definition) is 1. The Morgan fingerprint density at radius 3 is 2.93 bits per heavy atom. The zero-order valence-electron chi connectivity index (χ0n) is 8.49. The predicted octanol–water partition coefficient (Wildman–Crippen LogP) is 0.963. The van der Waals surface area contributed by atoms with E-state index in [1.165, 1.54) is 12.3 Å². The largest absolute Gasteiger partial charge is 0.464 e. The van der Waals surface area contributed by atoms with Crippen molar-refractivity contribution in [1.82, 2.24) is 5.32 Å². The zero-order chi connectivity index (χ0) is 11.1. The molecule has 0 atom stereocenters. The summed E-state index contributed by atoms with van der Waals surface area (Å²) < 4.78 is 9.62. The number of esters is 1. The molecule has 1 aromatic heterocycles. The minimum Gasteiger partial charge on any atom is -0.464 e. The number of carbonyl (C=O) groups is 2. The molecule has 0 aliphatic rings. The van der Waals surface area contributed by atoms with E-state index >= 15 is 0 Å². The van der Waals surface area contributed by atoms with Gasteiger partial charge < -0.3 is 14.5 Å². The van der Waals surface area contributed by atoms with E-state index in [1.807, 2.05) is 6.92 Å². The molecule has 1 rings (SSSR count). The predicted molar refractivity (Wildman–Crippen MR) is 52.3 cm³/mol. The van der Waals surface area contributed by atoms with Crippen molar-refractivity contribution in [3.05, 3.63) is 24.2 Å². The lowest BCUT2D eigenvalue weighted by Gasteiger charge is -2.03. The molecule has 0 radical (unpaired) electrons. The van der Waals surface area contributed by atoms with Crippen molar-refractivity contribution < 1.29 is 18.7 Å². The summed E-state index contributed by atoms with van der Waals surface area (Å²) in [6.07, 6.45) is 2.15. The molecule has 1 N–H and O–H groups in total. The van der Waals surface area contributed by atoms with E-state index in [1.54, 1.807) is 6.07 Å². The molecule has 1 amide bonds. The highest BCUT2D eigenvalue weighted by Gasteiger charge is 2.10. The van der Waals surface area contributed by atoms with Crippen LogP contribution in [0, 0.1) is 0 Å². The van der Waals surface area contributed by atoms with E-state index in [2.05, 4.69) is 5.32 Å². The van der Waals surface area contributed by atoms with Crippen LogP contribution in [0.4, 0.5) is 0 Å². The molecule has 0 bridgehead atoms. The van der Waals surface area contributed by atoms with Crippen LogP contribution < -0.4 is 5.32 Å². The van der Waals surface area contributed by atoms with Gasteiger partial charge in [0.2, 0.25) is 0 Å². The molecule has 0 aliphatic carbocycles. The molecule has 5 heteroatoms. The average Bonchev–Trinajstić information content (AvgIpc) is 2.76. The number of carbonyl (C=O) groups excluding carboxylic acids is 2. The number of amides is 1. The van der Waals surface area contributed by atoms with Gasteiger partial charge in [-0.1, -0.05) is 6.92 Å². The number of hydrogen-bond acceptors (Lipinski definition) is 4. The van der Waals surface area contributed by atoms with Gasteiger partial charge in [-0.15, -0.1) is 0 Å². The van der Waals surface area contributed by atoms with E-state index in [0.29, 0.717) is 6.61 Å². The Labute approximate surface area is 87.4 Å². The van der Waals surface area contributed by atoms with Crippen LogP contribution in [-0.4, -0.2) is 25.0 Å². The Balaban J connectivity index is 2.25. The third-order valence-electron chi connectivity index (χ3n) is 1.61. The topological polar surface area (TPSA) is 68.5 Å². The van der Waals surface area contributed by atoms with Crippen LogP contribution in [0.15, 0.2) is 22.8 Å². The third kappa shape index (κ3) is 3.84. The minimum atomic E-state index is -0.447. The second kappa shape index (κ2) is 5.85. The Morgan fingerprint density at radius 2 is 2.33 bits per heavy atom. The zero-order valence-corrected chi connectivity index (χ0v) is 8.49. The molecule has 0 fully saturated rings. The van der Waals surface area contributed by atoms with Crippen LogP contribution in [-0.2, 0) is 9.53 Å². The maximum Gasteiger partial charge on any atom is 0.325 e. The van der Waals surface area contributed by atoms with E-state index in [0.717, 1.165) is 6.42 Å². The fourth-order valence-corrected chi connectivity index (χ4v) is 0.914. The molecule has 15 heavy (non-hydrogen) atoms. The summed E-state index contributed by atoms with van der Waals surface area (Å²) in [5.41, 5.74) is 0. The first-order chi connectivity index (χ1) is 7.24. The molecular weight excluding hydrogens is 198 g/mol. The van der Waals surface area contributed by atoms with Crippen molar-refractivity contribution in [2.45, 2.75) is 13.3 Å². The average molecular weight is 211 g/mol. The molecule has 1 aromatic rings. The smallest absolute Gasteiger partial charge is 0.325 e. The van der Waals surface area contributed by atoms with Gasteiger partial charge >= 0.3 is 5.97 Å². The van der Waals surface area contributed by atoms with Crippen LogP contribution in [0.5, 0.6) is 0 Å². The summed E-state index contributed by atoms with van der Waals surface area (Å²) in [6, 6.07) is 3.12. The number of furan rings is 1. The Morgan fingerprint density at radius 1 is 1.53 bits per heavy atom. The summed E-state index contributed by atoms with van der Waals surface area (Å²) in [4.78, 5) is 22.3. The van der Waals surface area contributed by atoms with E-state index in [4.69, 9.17) is 9.15 Å². The maximum atomic E-state index is 11.3.